The Bertz CT molecular complexity index is 101. The standard InChI is InChI=1S/C7H13NO/c1-9-7-6-8-4-2-3-5-8/h2,4H,3,5-7H2,1H3. The molecule has 0 fully saturated rings. The quantitative estimate of drug-likeness (QED) is 0.557. The second kappa shape index (κ2) is 3.51. The van der Waals surface area contributed by atoms with Gasteiger partial charge in [0.05, 0.1) is 6.61 Å². The van der Waals surface area contributed by atoms with Crippen molar-refractivity contribution >= 4 is 0 Å². The second-order valence-electron chi connectivity index (χ2n) is 2.20. The van der Waals surface area contributed by atoms with Gasteiger partial charge in [-0.05, 0) is 12.6 Å². The molecule has 0 atom stereocenters. The Balaban J connectivity index is 2.05. The van der Waals surface area contributed by atoms with Crippen LogP contribution in [0.25, 0.3) is 0 Å². The van der Waals surface area contributed by atoms with Crippen LogP contribution in [0.2, 0.25) is 0 Å². The second-order valence-corrected chi connectivity index (χ2v) is 2.20. The van der Waals surface area contributed by atoms with Gasteiger partial charge in [-0.1, -0.05) is 6.08 Å². The van der Waals surface area contributed by atoms with Crippen LogP contribution in [0, 0.1) is 0 Å². The minimum atomic E-state index is 0.838. The van der Waals surface area contributed by atoms with Gasteiger partial charge in [0.25, 0.3) is 0 Å². The van der Waals surface area contributed by atoms with Crippen molar-refractivity contribution in [2.24, 2.45) is 0 Å². The molecule has 9 heavy (non-hydrogen) atoms. The molecule has 0 spiro atoms. The van der Waals surface area contributed by atoms with E-state index in [9.17, 15) is 0 Å². The summed E-state index contributed by atoms with van der Waals surface area (Å²) in [4.78, 5) is 2.27. The summed E-state index contributed by atoms with van der Waals surface area (Å²) in [5.41, 5.74) is 0. The predicted molar refractivity (Wildman–Crippen MR) is 37.2 cm³/mol. The number of rotatable bonds is 3. The minimum absolute atomic E-state index is 0.838. The van der Waals surface area contributed by atoms with E-state index < -0.39 is 0 Å². The van der Waals surface area contributed by atoms with E-state index in [1.54, 1.807) is 7.11 Å². The Morgan fingerprint density at radius 3 is 3.11 bits per heavy atom. The minimum Gasteiger partial charge on any atom is -0.383 e. The number of ether oxygens (including phenoxy) is 1. The van der Waals surface area contributed by atoms with Crippen molar-refractivity contribution < 1.29 is 4.74 Å². The van der Waals surface area contributed by atoms with Gasteiger partial charge in [-0.15, -0.1) is 0 Å². The maximum absolute atomic E-state index is 4.93. The lowest BCUT2D eigenvalue weighted by Gasteiger charge is -2.13. The molecule has 1 aliphatic rings. The number of methoxy groups -OCH3 is 1. The van der Waals surface area contributed by atoms with Gasteiger partial charge < -0.3 is 9.64 Å². The highest BCUT2D eigenvalue weighted by Crippen LogP contribution is 2.01. The van der Waals surface area contributed by atoms with Crippen molar-refractivity contribution in [3.8, 4) is 0 Å². The summed E-state index contributed by atoms with van der Waals surface area (Å²) in [6, 6.07) is 0. The van der Waals surface area contributed by atoms with Gasteiger partial charge in [-0.3, -0.25) is 0 Å². The molecule has 0 aromatic heterocycles. The van der Waals surface area contributed by atoms with Gasteiger partial charge >= 0.3 is 0 Å². The van der Waals surface area contributed by atoms with Crippen LogP contribution >= 0.6 is 0 Å². The predicted octanol–water partition coefficient (Wildman–Crippen LogP) is 0.852. The smallest absolute Gasteiger partial charge is 0.0637 e. The molecule has 0 aromatic rings. The van der Waals surface area contributed by atoms with Crippen LogP contribution in [0.3, 0.4) is 0 Å². The molecular formula is C7H13NO. The Labute approximate surface area is 56.1 Å². The largest absolute Gasteiger partial charge is 0.383 e. The Morgan fingerprint density at radius 1 is 1.67 bits per heavy atom. The van der Waals surface area contributed by atoms with E-state index in [0.29, 0.717) is 0 Å². The number of hydrogen-bond acceptors (Lipinski definition) is 2. The van der Waals surface area contributed by atoms with Crippen LogP contribution in [0.15, 0.2) is 12.3 Å². The van der Waals surface area contributed by atoms with E-state index >= 15 is 0 Å². The van der Waals surface area contributed by atoms with Gasteiger partial charge in [0.15, 0.2) is 0 Å². The molecule has 0 saturated carbocycles. The summed E-state index contributed by atoms with van der Waals surface area (Å²) < 4.78 is 4.93. The third-order valence-electron chi connectivity index (χ3n) is 1.48. The maximum atomic E-state index is 4.93. The molecule has 0 N–H and O–H groups in total. The summed E-state index contributed by atoms with van der Waals surface area (Å²) in [5.74, 6) is 0. The van der Waals surface area contributed by atoms with Crippen molar-refractivity contribution in [2.75, 3.05) is 26.8 Å². The molecule has 0 bridgehead atoms. The van der Waals surface area contributed by atoms with Gasteiger partial charge in [0.1, 0.15) is 0 Å². The van der Waals surface area contributed by atoms with Crippen molar-refractivity contribution in [1.82, 2.24) is 4.90 Å². The first-order valence-electron chi connectivity index (χ1n) is 3.33. The van der Waals surface area contributed by atoms with E-state index in [1.807, 2.05) is 0 Å². The molecule has 2 heteroatoms. The molecule has 0 radical (unpaired) electrons. The van der Waals surface area contributed by atoms with Crippen LogP contribution in [0.5, 0.6) is 0 Å². The molecule has 1 rings (SSSR count). The molecule has 1 aliphatic heterocycles. The van der Waals surface area contributed by atoms with Crippen LogP contribution in [-0.2, 0) is 4.74 Å². The molecule has 0 amide bonds. The summed E-state index contributed by atoms with van der Waals surface area (Å²) in [6.45, 7) is 3.04. The average molecular weight is 127 g/mol. The van der Waals surface area contributed by atoms with Crippen molar-refractivity contribution in [1.29, 1.82) is 0 Å². The van der Waals surface area contributed by atoms with Crippen molar-refractivity contribution in [3.05, 3.63) is 12.3 Å². The van der Waals surface area contributed by atoms with E-state index in [4.69, 9.17) is 4.74 Å². The highest BCUT2D eigenvalue weighted by molar-refractivity contribution is 4.90. The summed E-state index contributed by atoms with van der Waals surface area (Å²) in [7, 11) is 1.74. The molecule has 1 heterocycles. The topological polar surface area (TPSA) is 12.5 Å². The van der Waals surface area contributed by atoms with Crippen molar-refractivity contribution in [2.45, 2.75) is 6.42 Å². The fraction of sp³-hybridized carbons (Fsp3) is 0.714. The molecule has 0 aromatic carbocycles. The van der Waals surface area contributed by atoms with Crippen LogP contribution in [0.4, 0.5) is 0 Å². The zero-order valence-corrected chi connectivity index (χ0v) is 5.84. The maximum Gasteiger partial charge on any atom is 0.0637 e. The first kappa shape index (κ1) is 6.62. The lowest BCUT2D eigenvalue weighted by Crippen LogP contribution is -2.19. The monoisotopic (exact) mass is 127 g/mol. The van der Waals surface area contributed by atoms with Gasteiger partial charge in [0, 0.05) is 20.2 Å². The van der Waals surface area contributed by atoms with Crippen LogP contribution < -0.4 is 0 Å². The molecule has 0 unspecified atom stereocenters. The third-order valence-corrected chi connectivity index (χ3v) is 1.48. The number of nitrogens with zero attached hydrogens (tertiary/aromatic N) is 1. The van der Waals surface area contributed by atoms with Gasteiger partial charge in [-0.2, -0.15) is 0 Å². The normalized spacial score (nSPS) is 17.2. The van der Waals surface area contributed by atoms with Crippen LogP contribution in [-0.4, -0.2) is 31.7 Å². The molecule has 0 aliphatic carbocycles. The highest BCUT2D eigenvalue weighted by atomic mass is 16.5. The SMILES string of the molecule is COCCN1C=CCC1. The third kappa shape index (κ3) is 2.06. The molecule has 52 valence electrons. The molecule has 2 nitrogen and oxygen atoms in total. The zero-order chi connectivity index (χ0) is 6.53. The van der Waals surface area contributed by atoms with E-state index in [-0.39, 0.29) is 0 Å². The van der Waals surface area contributed by atoms with E-state index in [0.717, 1.165) is 13.2 Å². The van der Waals surface area contributed by atoms with E-state index in [2.05, 4.69) is 17.2 Å². The Hall–Kier alpha value is -0.500. The van der Waals surface area contributed by atoms with Crippen molar-refractivity contribution in [3.63, 3.8) is 0 Å². The van der Waals surface area contributed by atoms with Gasteiger partial charge in [0.2, 0.25) is 0 Å². The lowest BCUT2D eigenvalue weighted by molar-refractivity contribution is 0.173. The van der Waals surface area contributed by atoms with E-state index in [1.165, 1.54) is 13.0 Å². The van der Waals surface area contributed by atoms with Gasteiger partial charge in [-0.25, -0.2) is 0 Å². The Morgan fingerprint density at radius 2 is 2.56 bits per heavy atom. The fourth-order valence-electron chi connectivity index (χ4n) is 0.933. The van der Waals surface area contributed by atoms with Crippen LogP contribution in [0.1, 0.15) is 6.42 Å². The average Bonchev–Trinajstić information content (AvgIpc) is 2.34. The summed E-state index contributed by atoms with van der Waals surface area (Å²) in [6.07, 6.45) is 5.53. The summed E-state index contributed by atoms with van der Waals surface area (Å²) >= 11 is 0. The summed E-state index contributed by atoms with van der Waals surface area (Å²) in [5, 5.41) is 0. The fourth-order valence-corrected chi connectivity index (χ4v) is 0.933. The Kier molecular flexibility index (Phi) is 2.58. The highest BCUT2D eigenvalue weighted by Gasteiger charge is 2.01. The first-order chi connectivity index (χ1) is 4.43. The molecule has 0 saturated heterocycles. The number of hydrogen-bond donors (Lipinski definition) is 0. The molecular weight excluding hydrogens is 114 g/mol. The first-order valence-corrected chi connectivity index (χ1v) is 3.33. The zero-order valence-electron chi connectivity index (χ0n) is 5.84. The lowest BCUT2D eigenvalue weighted by atomic mass is 10.5.